The first-order valence-electron chi connectivity index (χ1n) is 8.78. The first kappa shape index (κ1) is 19.3. The Hall–Kier alpha value is -3.04. The third-order valence-corrected chi connectivity index (χ3v) is 5.79. The molecular weight excluding hydrogens is 406 g/mol. The van der Waals surface area contributed by atoms with Crippen molar-refractivity contribution in [1.29, 1.82) is 0 Å². The Morgan fingerprint density at radius 2 is 1.93 bits per heavy atom. The number of carbonyl (C=O) groups is 1. The Morgan fingerprint density at radius 1 is 1.10 bits per heavy atom. The Labute approximate surface area is 175 Å². The van der Waals surface area contributed by atoms with Gasteiger partial charge in [-0.15, -0.1) is 21.5 Å². The summed E-state index contributed by atoms with van der Waals surface area (Å²) in [4.78, 5) is 20.7. The van der Waals surface area contributed by atoms with E-state index in [2.05, 4.69) is 51.5 Å². The number of aromatic nitrogens is 4. The van der Waals surface area contributed by atoms with Gasteiger partial charge in [0.15, 0.2) is 5.13 Å². The molecule has 0 bridgehead atoms. The molecule has 29 heavy (non-hydrogen) atoms. The van der Waals surface area contributed by atoms with Crippen molar-refractivity contribution < 1.29 is 9.21 Å². The first-order valence-corrected chi connectivity index (χ1v) is 10.6. The smallest absolute Gasteiger partial charge is 0.277 e. The van der Waals surface area contributed by atoms with E-state index in [9.17, 15) is 4.79 Å². The molecule has 0 aliphatic heterocycles. The molecule has 1 N–H and O–H groups in total. The Morgan fingerprint density at radius 3 is 2.72 bits per heavy atom. The number of nitrogens with zero attached hydrogens (tertiary/aromatic N) is 4. The molecular formula is C20H17N5O2S2. The van der Waals surface area contributed by atoms with Crippen molar-refractivity contribution in [2.24, 2.45) is 0 Å². The number of thioether (sulfide) groups is 1. The van der Waals surface area contributed by atoms with E-state index in [1.165, 1.54) is 34.2 Å². The van der Waals surface area contributed by atoms with Crippen LogP contribution < -0.4 is 5.32 Å². The van der Waals surface area contributed by atoms with Gasteiger partial charge in [-0.05, 0) is 43.2 Å². The molecule has 3 aromatic heterocycles. The second-order valence-electron chi connectivity index (χ2n) is 6.28. The van der Waals surface area contributed by atoms with Gasteiger partial charge in [-0.25, -0.2) is 4.98 Å². The molecule has 0 unspecified atom stereocenters. The summed E-state index contributed by atoms with van der Waals surface area (Å²) in [5, 5.41) is 13.6. The van der Waals surface area contributed by atoms with Crippen molar-refractivity contribution in [3.63, 3.8) is 0 Å². The molecule has 0 spiro atoms. The van der Waals surface area contributed by atoms with Gasteiger partial charge in [-0.2, -0.15) is 0 Å². The second kappa shape index (κ2) is 8.54. The summed E-state index contributed by atoms with van der Waals surface area (Å²) in [5.41, 5.74) is 5.12. The summed E-state index contributed by atoms with van der Waals surface area (Å²) >= 11 is 2.58. The lowest BCUT2D eigenvalue weighted by atomic mass is 10.1. The summed E-state index contributed by atoms with van der Waals surface area (Å²) in [5.74, 6) is 0.365. The van der Waals surface area contributed by atoms with Gasteiger partial charge < -0.3 is 9.73 Å². The van der Waals surface area contributed by atoms with Crippen LogP contribution in [0.1, 0.15) is 11.1 Å². The second-order valence-corrected chi connectivity index (χ2v) is 8.07. The van der Waals surface area contributed by atoms with Crippen molar-refractivity contribution in [2.45, 2.75) is 19.1 Å². The minimum Gasteiger partial charge on any atom is -0.411 e. The molecule has 0 atom stereocenters. The van der Waals surface area contributed by atoms with Gasteiger partial charge in [0, 0.05) is 28.9 Å². The summed E-state index contributed by atoms with van der Waals surface area (Å²) in [6, 6.07) is 9.77. The molecule has 0 fully saturated rings. The maximum Gasteiger partial charge on any atom is 0.277 e. The van der Waals surface area contributed by atoms with Crippen molar-refractivity contribution >= 4 is 34.1 Å². The lowest BCUT2D eigenvalue weighted by molar-refractivity contribution is -0.113. The standard InChI is InChI=1S/C20H17N5O2S2/c1-12-3-4-15(9-13(12)2)16-10-28-19(22-16)23-17(26)11-29-20-25-24-18(27-20)14-5-7-21-8-6-14/h3-10H,11H2,1-2H3,(H,22,23,26). The zero-order valence-corrected chi connectivity index (χ0v) is 17.4. The fraction of sp³-hybridized carbons (Fsp3) is 0.150. The minimum absolute atomic E-state index is 0.149. The van der Waals surface area contributed by atoms with Crippen LogP contribution in [0.2, 0.25) is 0 Å². The molecule has 0 saturated heterocycles. The number of hydrogen-bond donors (Lipinski definition) is 1. The van der Waals surface area contributed by atoms with Crippen LogP contribution in [0.5, 0.6) is 0 Å². The Kier molecular flexibility index (Phi) is 5.68. The number of thiazole rings is 1. The molecule has 0 aliphatic rings. The number of hydrogen-bond acceptors (Lipinski definition) is 8. The van der Waals surface area contributed by atoms with E-state index >= 15 is 0 Å². The van der Waals surface area contributed by atoms with Crippen LogP contribution in [0.3, 0.4) is 0 Å². The maximum atomic E-state index is 12.2. The lowest BCUT2D eigenvalue weighted by Gasteiger charge is -2.02. The number of benzene rings is 1. The van der Waals surface area contributed by atoms with Crippen molar-refractivity contribution in [1.82, 2.24) is 20.2 Å². The highest BCUT2D eigenvalue weighted by Crippen LogP contribution is 2.27. The maximum absolute atomic E-state index is 12.2. The fourth-order valence-corrected chi connectivity index (χ4v) is 3.83. The van der Waals surface area contributed by atoms with E-state index in [1.807, 2.05) is 11.4 Å². The van der Waals surface area contributed by atoms with E-state index in [0.717, 1.165) is 16.8 Å². The van der Waals surface area contributed by atoms with Gasteiger partial charge in [-0.3, -0.25) is 9.78 Å². The van der Waals surface area contributed by atoms with E-state index < -0.39 is 0 Å². The molecule has 0 radical (unpaired) electrons. The molecule has 9 heteroatoms. The highest BCUT2D eigenvalue weighted by atomic mass is 32.2. The normalized spacial score (nSPS) is 10.8. The van der Waals surface area contributed by atoms with Gasteiger partial charge in [-0.1, -0.05) is 23.9 Å². The number of amides is 1. The molecule has 7 nitrogen and oxygen atoms in total. The van der Waals surface area contributed by atoms with Crippen LogP contribution in [-0.2, 0) is 4.79 Å². The zero-order chi connectivity index (χ0) is 20.2. The topological polar surface area (TPSA) is 93.8 Å². The third-order valence-electron chi connectivity index (χ3n) is 4.21. The molecule has 0 aliphatic carbocycles. The van der Waals surface area contributed by atoms with Gasteiger partial charge in [0.2, 0.25) is 11.8 Å². The first-order chi connectivity index (χ1) is 14.1. The Bertz CT molecular complexity index is 1140. The lowest BCUT2D eigenvalue weighted by Crippen LogP contribution is -2.13. The van der Waals surface area contributed by atoms with Crippen LogP contribution in [0.25, 0.3) is 22.7 Å². The summed E-state index contributed by atoms with van der Waals surface area (Å²) in [6.45, 7) is 4.15. The number of pyridine rings is 1. The highest BCUT2D eigenvalue weighted by molar-refractivity contribution is 7.99. The monoisotopic (exact) mass is 423 g/mol. The summed E-state index contributed by atoms with van der Waals surface area (Å²) in [7, 11) is 0. The largest absolute Gasteiger partial charge is 0.411 e. The average Bonchev–Trinajstić information content (AvgIpc) is 3.39. The highest BCUT2D eigenvalue weighted by Gasteiger charge is 2.13. The molecule has 4 aromatic rings. The number of anilines is 1. The van der Waals surface area contributed by atoms with Crippen LogP contribution >= 0.6 is 23.1 Å². The third kappa shape index (κ3) is 4.69. The van der Waals surface area contributed by atoms with E-state index in [0.29, 0.717) is 16.2 Å². The predicted molar refractivity (Wildman–Crippen MR) is 114 cm³/mol. The minimum atomic E-state index is -0.181. The summed E-state index contributed by atoms with van der Waals surface area (Å²) < 4.78 is 5.57. The van der Waals surface area contributed by atoms with Crippen LogP contribution in [-0.4, -0.2) is 31.8 Å². The molecule has 1 aromatic carbocycles. The van der Waals surface area contributed by atoms with E-state index in [1.54, 1.807) is 24.5 Å². The van der Waals surface area contributed by atoms with E-state index in [-0.39, 0.29) is 11.7 Å². The Balaban J connectivity index is 1.34. The molecule has 0 saturated carbocycles. The average molecular weight is 424 g/mol. The SMILES string of the molecule is Cc1ccc(-c2csc(NC(=O)CSc3nnc(-c4ccncc4)o3)n2)cc1C. The van der Waals surface area contributed by atoms with E-state index in [4.69, 9.17) is 4.42 Å². The van der Waals surface area contributed by atoms with Crippen LogP contribution in [0.15, 0.2) is 57.7 Å². The number of carbonyl (C=O) groups excluding carboxylic acids is 1. The van der Waals surface area contributed by atoms with Gasteiger partial charge in [0.25, 0.3) is 5.22 Å². The fourth-order valence-electron chi connectivity index (χ4n) is 2.53. The van der Waals surface area contributed by atoms with Crippen molar-refractivity contribution in [3.05, 3.63) is 59.2 Å². The molecule has 3 heterocycles. The molecule has 146 valence electrons. The number of rotatable bonds is 6. The molecule has 1 amide bonds. The van der Waals surface area contributed by atoms with Gasteiger partial charge >= 0.3 is 0 Å². The van der Waals surface area contributed by atoms with Gasteiger partial charge in [0.1, 0.15) is 0 Å². The van der Waals surface area contributed by atoms with Crippen LogP contribution in [0, 0.1) is 13.8 Å². The molecule has 4 rings (SSSR count). The van der Waals surface area contributed by atoms with Gasteiger partial charge in [0.05, 0.1) is 11.4 Å². The van der Waals surface area contributed by atoms with Crippen molar-refractivity contribution in [2.75, 3.05) is 11.1 Å². The number of aryl methyl sites for hydroxylation is 2. The van der Waals surface area contributed by atoms with Crippen LogP contribution in [0.4, 0.5) is 5.13 Å². The quantitative estimate of drug-likeness (QED) is 0.453. The predicted octanol–water partition coefficient (Wildman–Crippen LogP) is 4.60. The van der Waals surface area contributed by atoms with Crippen molar-refractivity contribution in [3.8, 4) is 22.7 Å². The zero-order valence-electron chi connectivity index (χ0n) is 15.7. The number of nitrogens with one attached hydrogen (secondary N) is 1. The summed E-state index contributed by atoms with van der Waals surface area (Å²) in [6.07, 6.45) is 3.31.